The topological polar surface area (TPSA) is 26.0 Å². The smallest absolute Gasteiger partial charge is 0.0167 e. The van der Waals surface area contributed by atoms with Crippen LogP contribution in [0.4, 0.5) is 0 Å². The van der Waals surface area contributed by atoms with Crippen molar-refractivity contribution in [2.75, 3.05) is 7.05 Å². The van der Waals surface area contributed by atoms with Crippen LogP contribution in [0.25, 0.3) is 0 Å². The van der Waals surface area contributed by atoms with Crippen LogP contribution in [0.1, 0.15) is 57.6 Å². The number of aryl methyl sites for hydroxylation is 1. The molecule has 1 aromatic rings. The van der Waals surface area contributed by atoms with E-state index in [1.165, 1.54) is 31.0 Å². The first-order chi connectivity index (χ1) is 7.77. The van der Waals surface area contributed by atoms with E-state index < -0.39 is 0 Å². The van der Waals surface area contributed by atoms with Crippen LogP contribution in [0.15, 0.2) is 24.3 Å². The van der Waals surface area contributed by atoms with Crippen molar-refractivity contribution in [2.45, 2.75) is 53.4 Å². The molecule has 1 nitrogen and oxygen atoms in total. The third kappa shape index (κ3) is 6.62. The lowest BCUT2D eigenvalue weighted by atomic mass is 9.93. The van der Waals surface area contributed by atoms with Crippen LogP contribution in [0.2, 0.25) is 0 Å². The maximum atomic E-state index is 4.50. The average Bonchev–Trinajstić information content (AvgIpc) is 2.36. The highest BCUT2D eigenvalue weighted by atomic mass is 14.4. The van der Waals surface area contributed by atoms with E-state index in [2.05, 4.69) is 50.8 Å². The van der Waals surface area contributed by atoms with Crippen molar-refractivity contribution >= 4 is 0 Å². The molecule has 0 radical (unpaired) electrons. The van der Waals surface area contributed by atoms with Crippen molar-refractivity contribution < 1.29 is 0 Å². The fraction of sp³-hybridized carbons (Fsp3) is 0.600. The molecule has 16 heavy (non-hydrogen) atoms. The van der Waals surface area contributed by atoms with E-state index in [1.54, 1.807) is 0 Å². The summed E-state index contributed by atoms with van der Waals surface area (Å²) in [6.45, 7) is 10.7. The first-order valence-corrected chi connectivity index (χ1v) is 6.42. The molecule has 0 fully saturated rings. The van der Waals surface area contributed by atoms with Crippen LogP contribution in [-0.2, 0) is 0 Å². The summed E-state index contributed by atoms with van der Waals surface area (Å²) in [6.07, 6.45) is 2.50. The number of hydrogen-bond donors (Lipinski definition) is 1. The highest BCUT2D eigenvalue weighted by Crippen LogP contribution is 2.23. The van der Waals surface area contributed by atoms with E-state index in [0.29, 0.717) is 0 Å². The van der Waals surface area contributed by atoms with Gasteiger partial charge >= 0.3 is 0 Å². The van der Waals surface area contributed by atoms with Gasteiger partial charge in [-0.2, -0.15) is 0 Å². The molecule has 1 heteroatoms. The zero-order chi connectivity index (χ0) is 13.0. The molecule has 0 aromatic heterocycles. The molecular formula is C15H29N. The van der Waals surface area contributed by atoms with Gasteiger partial charge in [0.25, 0.3) is 0 Å². The maximum Gasteiger partial charge on any atom is -0.0167 e. The predicted octanol–water partition coefficient (Wildman–Crippen LogP) is 4.50. The van der Waals surface area contributed by atoms with Gasteiger partial charge < -0.3 is 5.73 Å². The summed E-state index contributed by atoms with van der Waals surface area (Å²) in [6, 6.07) is 8.86. The van der Waals surface area contributed by atoms with Gasteiger partial charge in [0.05, 0.1) is 0 Å². The Labute approximate surface area is 102 Å². The zero-order valence-electron chi connectivity index (χ0n) is 11.9. The molecule has 1 aromatic carbocycles. The first-order valence-electron chi connectivity index (χ1n) is 6.42. The molecule has 0 aliphatic rings. The Morgan fingerprint density at radius 3 is 1.94 bits per heavy atom. The Morgan fingerprint density at radius 2 is 1.56 bits per heavy atom. The second-order valence-electron chi connectivity index (χ2n) is 3.43. The van der Waals surface area contributed by atoms with Crippen molar-refractivity contribution in [3.8, 4) is 0 Å². The molecular weight excluding hydrogens is 194 g/mol. The summed E-state index contributed by atoms with van der Waals surface area (Å²) in [4.78, 5) is 0. The van der Waals surface area contributed by atoms with Gasteiger partial charge in [-0.1, -0.05) is 57.5 Å². The van der Waals surface area contributed by atoms with E-state index in [1.807, 2.05) is 13.8 Å². The predicted molar refractivity (Wildman–Crippen MR) is 76.0 cm³/mol. The molecule has 0 unspecified atom stereocenters. The highest BCUT2D eigenvalue weighted by Gasteiger charge is 2.05. The molecule has 94 valence electrons. The lowest BCUT2D eigenvalue weighted by molar-refractivity contribution is 0.641. The average molecular weight is 223 g/mol. The van der Waals surface area contributed by atoms with Crippen molar-refractivity contribution in [3.05, 3.63) is 35.4 Å². The van der Waals surface area contributed by atoms with Crippen LogP contribution < -0.4 is 5.73 Å². The molecule has 0 bridgehead atoms. The number of benzene rings is 1. The summed E-state index contributed by atoms with van der Waals surface area (Å²) in [5.74, 6) is 0.755. The van der Waals surface area contributed by atoms with Gasteiger partial charge in [0.15, 0.2) is 0 Å². The van der Waals surface area contributed by atoms with Crippen molar-refractivity contribution in [3.63, 3.8) is 0 Å². The largest absolute Gasteiger partial charge is 0.333 e. The number of nitrogens with two attached hydrogens (primary N) is 1. The molecule has 0 amide bonds. The van der Waals surface area contributed by atoms with E-state index in [4.69, 9.17) is 0 Å². The van der Waals surface area contributed by atoms with Crippen LogP contribution in [-0.4, -0.2) is 7.05 Å². The van der Waals surface area contributed by atoms with Crippen LogP contribution in [0.3, 0.4) is 0 Å². The van der Waals surface area contributed by atoms with Crippen LogP contribution >= 0.6 is 0 Å². The lowest BCUT2D eigenvalue weighted by Gasteiger charge is -2.12. The second-order valence-corrected chi connectivity index (χ2v) is 3.43. The zero-order valence-corrected chi connectivity index (χ0v) is 11.9. The third-order valence-electron chi connectivity index (χ3n) is 2.50. The molecule has 1 rings (SSSR count). The molecule has 0 atom stereocenters. The Bertz CT molecular complexity index is 239. The highest BCUT2D eigenvalue weighted by molar-refractivity contribution is 5.25. The van der Waals surface area contributed by atoms with Crippen LogP contribution in [0, 0.1) is 6.92 Å². The van der Waals surface area contributed by atoms with Gasteiger partial charge in [0.1, 0.15) is 0 Å². The van der Waals surface area contributed by atoms with Gasteiger partial charge in [-0.25, -0.2) is 0 Å². The fourth-order valence-electron chi connectivity index (χ4n) is 1.68. The Hall–Kier alpha value is -0.820. The van der Waals surface area contributed by atoms with E-state index in [0.717, 1.165) is 5.92 Å². The Balaban J connectivity index is 0. The van der Waals surface area contributed by atoms with Gasteiger partial charge in [0.2, 0.25) is 0 Å². The van der Waals surface area contributed by atoms with Crippen molar-refractivity contribution in [1.82, 2.24) is 0 Å². The van der Waals surface area contributed by atoms with Crippen LogP contribution in [0.5, 0.6) is 0 Å². The third-order valence-corrected chi connectivity index (χ3v) is 2.50. The number of hydrogen-bond acceptors (Lipinski definition) is 1. The molecule has 0 saturated carbocycles. The summed E-state index contributed by atoms with van der Waals surface area (Å²) in [7, 11) is 1.50. The second kappa shape index (κ2) is 12.3. The summed E-state index contributed by atoms with van der Waals surface area (Å²) < 4.78 is 0. The standard InChI is InChI=1S/C12H18.C2H6.CH5N/c1-4-11(5-2)12-8-6-7-10(3)9-12;2*1-2/h6-9,11H,4-5H2,1-3H3;1-2H3;2H2,1H3. The molecule has 0 heterocycles. The SMILES string of the molecule is CC.CCC(CC)c1cccc(C)c1.CN. The van der Waals surface area contributed by atoms with Crippen molar-refractivity contribution in [2.24, 2.45) is 5.73 Å². The minimum absolute atomic E-state index is 0.755. The maximum absolute atomic E-state index is 4.50. The van der Waals surface area contributed by atoms with E-state index >= 15 is 0 Å². The molecule has 0 saturated heterocycles. The Morgan fingerprint density at radius 1 is 1.06 bits per heavy atom. The van der Waals surface area contributed by atoms with Gasteiger partial charge in [-0.3, -0.25) is 0 Å². The lowest BCUT2D eigenvalue weighted by Crippen LogP contribution is -1.94. The fourth-order valence-corrected chi connectivity index (χ4v) is 1.68. The van der Waals surface area contributed by atoms with E-state index in [9.17, 15) is 0 Å². The Kier molecular flexibility index (Phi) is 13.5. The quantitative estimate of drug-likeness (QED) is 0.802. The molecule has 0 spiro atoms. The minimum atomic E-state index is 0.755. The normalized spacial score (nSPS) is 8.75. The first kappa shape index (κ1) is 17.6. The van der Waals surface area contributed by atoms with Gasteiger partial charge in [-0.15, -0.1) is 0 Å². The summed E-state index contributed by atoms with van der Waals surface area (Å²) in [5, 5.41) is 0. The van der Waals surface area contributed by atoms with Gasteiger partial charge in [0, 0.05) is 0 Å². The minimum Gasteiger partial charge on any atom is -0.333 e. The molecule has 0 aliphatic heterocycles. The number of rotatable bonds is 3. The summed E-state index contributed by atoms with van der Waals surface area (Å²) in [5.41, 5.74) is 7.37. The van der Waals surface area contributed by atoms with Crippen molar-refractivity contribution in [1.29, 1.82) is 0 Å². The van der Waals surface area contributed by atoms with Gasteiger partial charge in [-0.05, 0) is 38.3 Å². The molecule has 0 aliphatic carbocycles. The monoisotopic (exact) mass is 223 g/mol. The molecule has 2 N–H and O–H groups in total. The summed E-state index contributed by atoms with van der Waals surface area (Å²) >= 11 is 0. The van der Waals surface area contributed by atoms with E-state index in [-0.39, 0.29) is 0 Å².